The predicted molar refractivity (Wildman–Crippen MR) is 77.9 cm³/mol. The fourth-order valence-corrected chi connectivity index (χ4v) is 2.20. The van der Waals surface area contributed by atoms with E-state index in [4.69, 9.17) is 5.73 Å². The number of nitrogens with two attached hydrogens (primary N) is 1. The Morgan fingerprint density at radius 2 is 1.89 bits per heavy atom. The highest BCUT2D eigenvalue weighted by molar-refractivity contribution is 5.76. The number of aryl methyl sites for hydroxylation is 2. The maximum Gasteiger partial charge on any atom is 0.220 e. The molecule has 1 fully saturated rings. The molecule has 0 bridgehead atoms. The number of carbonyl (C=O) groups excluding carboxylic acids is 1. The molecule has 3 N–H and O–H groups in total. The third-order valence-electron chi connectivity index (χ3n) is 4.12. The van der Waals surface area contributed by atoms with Gasteiger partial charge in [0.05, 0.1) is 0 Å². The molecule has 0 aliphatic heterocycles. The van der Waals surface area contributed by atoms with Crippen molar-refractivity contribution in [3.05, 3.63) is 35.4 Å². The van der Waals surface area contributed by atoms with E-state index >= 15 is 0 Å². The largest absolute Gasteiger partial charge is 0.355 e. The molecule has 0 aromatic heterocycles. The third kappa shape index (κ3) is 4.06. The summed E-state index contributed by atoms with van der Waals surface area (Å²) in [6.45, 7) is 3.58. The maximum absolute atomic E-state index is 11.8. The van der Waals surface area contributed by atoms with Gasteiger partial charge in [-0.2, -0.15) is 0 Å². The molecule has 0 spiro atoms. The van der Waals surface area contributed by atoms with Crippen LogP contribution in [0.15, 0.2) is 24.3 Å². The SMILES string of the molecule is CCc1ccc(CCC(=O)NCC2(CN)CC2)cc1. The van der Waals surface area contributed by atoms with E-state index in [1.807, 2.05) is 0 Å². The lowest BCUT2D eigenvalue weighted by Crippen LogP contribution is -2.33. The summed E-state index contributed by atoms with van der Waals surface area (Å²) in [5.74, 6) is 0.138. The molecule has 3 nitrogen and oxygen atoms in total. The molecule has 0 unspecified atom stereocenters. The van der Waals surface area contributed by atoms with Gasteiger partial charge in [-0.1, -0.05) is 31.2 Å². The molecular weight excluding hydrogens is 236 g/mol. The van der Waals surface area contributed by atoms with Crippen LogP contribution in [0.3, 0.4) is 0 Å². The first-order valence-corrected chi connectivity index (χ1v) is 7.22. The number of nitrogens with one attached hydrogen (secondary N) is 1. The number of rotatable bonds is 7. The molecule has 2 rings (SSSR count). The van der Waals surface area contributed by atoms with Gasteiger partial charge in [0.15, 0.2) is 0 Å². The lowest BCUT2D eigenvalue weighted by atomic mass is 10.1. The minimum Gasteiger partial charge on any atom is -0.355 e. The van der Waals surface area contributed by atoms with Gasteiger partial charge in [-0.3, -0.25) is 4.79 Å². The summed E-state index contributed by atoms with van der Waals surface area (Å²) >= 11 is 0. The van der Waals surface area contributed by atoms with Gasteiger partial charge in [-0.05, 0) is 48.8 Å². The monoisotopic (exact) mass is 260 g/mol. The highest BCUT2D eigenvalue weighted by atomic mass is 16.1. The number of amides is 1. The topological polar surface area (TPSA) is 55.1 Å². The van der Waals surface area contributed by atoms with Crippen LogP contribution in [0, 0.1) is 5.41 Å². The van der Waals surface area contributed by atoms with Gasteiger partial charge in [-0.15, -0.1) is 0 Å². The van der Waals surface area contributed by atoms with E-state index in [1.165, 1.54) is 11.1 Å². The minimum absolute atomic E-state index is 0.138. The molecule has 3 heteroatoms. The molecule has 0 saturated heterocycles. The van der Waals surface area contributed by atoms with Gasteiger partial charge in [0.2, 0.25) is 5.91 Å². The molecule has 0 heterocycles. The molecule has 1 aromatic carbocycles. The van der Waals surface area contributed by atoms with Crippen LogP contribution < -0.4 is 11.1 Å². The number of hydrogen-bond acceptors (Lipinski definition) is 2. The number of hydrogen-bond donors (Lipinski definition) is 2. The normalized spacial score (nSPS) is 16.1. The average Bonchev–Trinajstić information content (AvgIpc) is 3.24. The number of benzene rings is 1. The van der Waals surface area contributed by atoms with E-state index in [0.717, 1.165) is 32.2 Å². The Bertz CT molecular complexity index is 421. The molecule has 104 valence electrons. The maximum atomic E-state index is 11.8. The van der Waals surface area contributed by atoms with Crippen molar-refractivity contribution in [2.45, 2.75) is 39.0 Å². The van der Waals surface area contributed by atoms with Crippen LogP contribution in [0.2, 0.25) is 0 Å². The van der Waals surface area contributed by atoms with Crippen molar-refractivity contribution in [3.63, 3.8) is 0 Å². The fourth-order valence-electron chi connectivity index (χ4n) is 2.20. The van der Waals surface area contributed by atoms with Gasteiger partial charge < -0.3 is 11.1 Å². The highest BCUT2D eigenvalue weighted by Crippen LogP contribution is 2.43. The molecular formula is C16H24N2O. The average molecular weight is 260 g/mol. The number of carbonyl (C=O) groups is 1. The fraction of sp³-hybridized carbons (Fsp3) is 0.562. The summed E-state index contributed by atoms with van der Waals surface area (Å²) in [5.41, 5.74) is 8.49. The van der Waals surface area contributed by atoms with Crippen LogP contribution in [-0.2, 0) is 17.6 Å². The molecule has 0 atom stereocenters. The molecule has 0 radical (unpaired) electrons. The molecule has 1 saturated carbocycles. The molecule has 1 amide bonds. The van der Waals surface area contributed by atoms with Crippen molar-refractivity contribution in [1.82, 2.24) is 5.32 Å². The zero-order valence-corrected chi connectivity index (χ0v) is 11.7. The second kappa shape index (κ2) is 6.20. The van der Waals surface area contributed by atoms with E-state index in [0.29, 0.717) is 13.0 Å². The van der Waals surface area contributed by atoms with Crippen LogP contribution >= 0.6 is 0 Å². The van der Waals surface area contributed by atoms with Gasteiger partial charge in [0, 0.05) is 13.0 Å². The summed E-state index contributed by atoms with van der Waals surface area (Å²) in [6.07, 6.45) is 4.74. The Hall–Kier alpha value is -1.35. The van der Waals surface area contributed by atoms with Crippen LogP contribution in [0.5, 0.6) is 0 Å². The van der Waals surface area contributed by atoms with E-state index < -0.39 is 0 Å². The summed E-state index contributed by atoms with van der Waals surface area (Å²) in [6, 6.07) is 8.52. The van der Waals surface area contributed by atoms with Crippen LogP contribution in [-0.4, -0.2) is 19.0 Å². The Balaban J connectivity index is 1.70. The van der Waals surface area contributed by atoms with Crippen LogP contribution in [0.25, 0.3) is 0 Å². The first-order valence-electron chi connectivity index (χ1n) is 7.22. The lowest BCUT2D eigenvalue weighted by Gasteiger charge is -2.13. The van der Waals surface area contributed by atoms with Crippen LogP contribution in [0.1, 0.15) is 37.3 Å². The quantitative estimate of drug-likeness (QED) is 0.788. The molecule has 19 heavy (non-hydrogen) atoms. The first-order chi connectivity index (χ1) is 9.17. The molecule has 1 aromatic rings. The zero-order valence-electron chi connectivity index (χ0n) is 11.7. The summed E-state index contributed by atoms with van der Waals surface area (Å²) in [5, 5.41) is 3.01. The second-order valence-corrected chi connectivity index (χ2v) is 5.65. The highest BCUT2D eigenvalue weighted by Gasteiger charge is 2.41. The zero-order chi connectivity index (χ0) is 13.7. The minimum atomic E-state index is 0.138. The van der Waals surface area contributed by atoms with E-state index in [-0.39, 0.29) is 11.3 Å². The van der Waals surface area contributed by atoms with Gasteiger partial charge >= 0.3 is 0 Å². The predicted octanol–water partition coefficient (Wildman–Crippen LogP) is 2.04. The first kappa shape index (κ1) is 14.1. The lowest BCUT2D eigenvalue weighted by molar-refractivity contribution is -0.121. The Morgan fingerprint density at radius 3 is 2.42 bits per heavy atom. The van der Waals surface area contributed by atoms with Crippen molar-refractivity contribution < 1.29 is 4.79 Å². The van der Waals surface area contributed by atoms with Gasteiger partial charge in [0.25, 0.3) is 0 Å². The van der Waals surface area contributed by atoms with Crippen molar-refractivity contribution in [3.8, 4) is 0 Å². The van der Waals surface area contributed by atoms with E-state index in [1.54, 1.807) is 0 Å². The Morgan fingerprint density at radius 1 is 1.26 bits per heavy atom. The Labute approximate surface area is 115 Å². The van der Waals surface area contributed by atoms with Crippen molar-refractivity contribution in [1.29, 1.82) is 0 Å². The van der Waals surface area contributed by atoms with Crippen molar-refractivity contribution >= 4 is 5.91 Å². The van der Waals surface area contributed by atoms with Crippen molar-refractivity contribution in [2.24, 2.45) is 11.1 Å². The van der Waals surface area contributed by atoms with E-state index in [9.17, 15) is 4.79 Å². The summed E-state index contributed by atoms with van der Waals surface area (Å²) in [4.78, 5) is 11.8. The van der Waals surface area contributed by atoms with Gasteiger partial charge in [0.1, 0.15) is 0 Å². The van der Waals surface area contributed by atoms with E-state index in [2.05, 4.69) is 36.5 Å². The Kier molecular flexibility index (Phi) is 4.59. The standard InChI is InChI=1S/C16H24N2O/c1-2-13-3-5-14(6-4-13)7-8-15(19)18-12-16(11-17)9-10-16/h3-6H,2,7-12,17H2,1H3,(H,18,19). The summed E-state index contributed by atoms with van der Waals surface area (Å²) < 4.78 is 0. The third-order valence-corrected chi connectivity index (χ3v) is 4.12. The van der Waals surface area contributed by atoms with Gasteiger partial charge in [-0.25, -0.2) is 0 Å². The molecule has 1 aliphatic carbocycles. The summed E-state index contributed by atoms with van der Waals surface area (Å²) in [7, 11) is 0. The second-order valence-electron chi connectivity index (χ2n) is 5.65. The van der Waals surface area contributed by atoms with Crippen molar-refractivity contribution in [2.75, 3.05) is 13.1 Å². The molecule has 1 aliphatic rings. The van der Waals surface area contributed by atoms with Crippen LogP contribution in [0.4, 0.5) is 0 Å². The smallest absolute Gasteiger partial charge is 0.220 e.